The highest BCUT2D eigenvalue weighted by atomic mass is 28.4. The minimum absolute atomic E-state index is 0.0144. The van der Waals surface area contributed by atoms with Crippen molar-refractivity contribution in [2.24, 2.45) is 11.8 Å². The van der Waals surface area contributed by atoms with Crippen molar-refractivity contribution in [2.75, 3.05) is 14.2 Å². The first-order valence-electron chi connectivity index (χ1n) is 20.5. The maximum atomic E-state index is 12.6. The van der Waals surface area contributed by atoms with E-state index in [4.69, 9.17) is 23.4 Å². The van der Waals surface area contributed by atoms with Gasteiger partial charge in [0.05, 0.1) is 38.1 Å². The van der Waals surface area contributed by atoms with E-state index in [9.17, 15) is 4.79 Å². The zero-order valence-electron chi connectivity index (χ0n) is 35.8. The predicted molar refractivity (Wildman–Crippen MR) is 232 cm³/mol. The molecule has 2 aliphatic heterocycles. The molecular weight excluding hydrogens is 713 g/mol. The second kappa shape index (κ2) is 18.7. The largest absolute Gasteiger partial charge is 0.496 e. The number of carbonyl (C=O) groups is 1. The number of esters is 1. The van der Waals surface area contributed by atoms with Crippen molar-refractivity contribution < 1.29 is 28.2 Å². The molecule has 2 aliphatic rings. The summed E-state index contributed by atoms with van der Waals surface area (Å²) in [6, 6.07) is 25.7. The first kappa shape index (κ1) is 43.4. The zero-order chi connectivity index (χ0) is 40.7. The number of ether oxygens (including phenoxy) is 4. The third kappa shape index (κ3) is 10.0. The van der Waals surface area contributed by atoms with Crippen LogP contribution in [0.25, 0.3) is 5.57 Å². The molecule has 56 heavy (non-hydrogen) atoms. The molecule has 6 nitrogen and oxygen atoms in total. The van der Waals surface area contributed by atoms with Crippen LogP contribution in [0.2, 0.25) is 5.04 Å². The number of aryl methyl sites for hydroxylation is 1. The maximum Gasteiger partial charge on any atom is 0.338 e. The van der Waals surface area contributed by atoms with Gasteiger partial charge in [-0.3, -0.25) is 0 Å². The fourth-order valence-corrected chi connectivity index (χ4v) is 13.4. The number of hydrogen-bond donors (Lipinski definition) is 0. The first-order valence-corrected chi connectivity index (χ1v) is 22.4. The summed E-state index contributed by atoms with van der Waals surface area (Å²) in [6.45, 7) is 19.9. The van der Waals surface area contributed by atoms with Crippen LogP contribution < -0.4 is 15.1 Å². The summed E-state index contributed by atoms with van der Waals surface area (Å²) in [7, 11) is 0.284. The Morgan fingerprint density at radius 3 is 2.18 bits per heavy atom. The number of allylic oxidation sites excluding steroid dienone is 5. The molecule has 0 aromatic heterocycles. The standard InChI is InChI=1S/C49H66O6Si/c1-34(19-18-20-37(4)44-32-46(51-10)38(5)30-45(44)47(50)52-11)29-35(2)25-26-40-31-41(33-49(54-40)28-27-36(3)39(6)53-49)55-56(48(7,8)9,42-21-14-12-15-22-42)43-23-16-13-17-24-43/h12-25,30,32,34,36,39-41H,26-29,31,33H2,1-11H3/b19-18+,35-25+,37-20+/t34-,36-,39+,40+,41+,49-/m0/s1. The number of methoxy groups -OCH3 is 2. The molecule has 5 rings (SSSR count). The molecule has 3 aromatic carbocycles. The van der Waals surface area contributed by atoms with Gasteiger partial charge < -0.3 is 23.4 Å². The number of rotatable bonds is 13. The monoisotopic (exact) mass is 778 g/mol. The number of hydrogen-bond acceptors (Lipinski definition) is 6. The van der Waals surface area contributed by atoms with E-state index in [1.54, 1.807) is 7.11 Å². The van der Waals surface area contributed by atoms with Crippen LogP contribution in [0.4, 0.5) is 0 Å². The lowest BCUT2D eigenvalue weighted by Gasteiger charge is -2.52. The molecule has 0 bridgehead atoms. The topological polar surface area (TPSA) is 63.2 Å². The van der Waals surface area contributed by atoms with E-state index in [1.165, 1.54) is 23.1 Å². The van der Waals surface area contributed by atoms with Crippen LogP contribution in [0.15, 0.2) is 103 Å². The van der Waals surface area contributed by atoms with Gasteiger partial charge in [-0.1, -0.05) is 125 Å². The van der Waals surface area contributed by atoms with E-state index < -0.39 is 14.1 Å². The Balaban J connectivity index is 1.35. The summed E-state index contributed by atoms with van der Waals surface area (Å²) in [6.07, 6.45) is 14.1. The van der Waals surface area contributed by atoms with Crippen molar-refractivity contribution in [1.29, 1.82) is 0 Å². The lowest BCUT2D eigenvalue weighted by atomic mass is 9.86. The van der Waals surface area contributed by atoms with Gasteiger partial charge in [0.15, 0.2) is 5.79 Å². The minimum atomic E-state index is -2.77. The van der Waals surface area contributed by atoms with Crippen LogP contribution in [0.3, 0.4) is 0 Å². The second-order valence-electron chi connectivity index (χ2n) is 17.4. The predicted octanol–water partition coefficient (Wildman–Crippen LogP) is 10.8. The summed E-state index contributed by atoms with van der Waals surface area (Å²) in [4.78, 5) is 12.6. The molecule has 0 saturated carbocycles. The van der Waals surface area contributed by atoms with E-state index in [0.29, 0.717) is 17.4 Å². The van der Waals surface area contributed by atoms with Crippen molar-refractivity contribution in [3.8, 4) is 5.75 Å². The molecule has 302 valence electrons. The SMILES string of the molecule is COC(=O)c1cc(C)c(OC)cc1/C(C)=C/C=C/[C@H](C)C/C(C)=C/C[C@@H]1C[C@@H](O[Si](c2ccccc2)(c2ccccc2)C(C)(C)C)C[C@]2(CC[C@H](C)[C@@H](C)O2)O1. The van der Waals surface area contributed by atoms with E-state index in [1.807, 2.05) is 26.0 Å². The third-order valence-corrected chi connectivity index (χ3v) is 17.0. The van der Waals surface area contributed by atoms with Gasteiger partial charge in [0, 0.05) is 12.8 Å². The normalized spacial score (nSPS) is 24.3. The number of benzene rings is 3. The van der Waals surface area contributed by atoms with Crippen molar-refractivity contribution in [1.82, 2.24) is 0 Å². The molecule has 1 spiro atoms. The molecule has 6 atom stereocenters. The fourth-order valence-electron chi connectivity index (χ4n) is 8.72. The third-order valence-electron chi connectivity index (χ3n) is 11.9. The van der Waals surface area contributed by atoms with E-state index in [-0.39, 0.29) is 29.3 Å². The Morgan fingerprint density at radius 1 is 0.964 bits per heavy atom. The summed E-state index contributed by atoms with van der Waals surface area (Å²) in [5.74, 6) is 0.542. The first-order chi connectivity index (χ1) is 26.6. The molecule has 3 aromatic rings. The number of carbonyl (C=O) groups excluding carboxylic acids is 1. The van der Waals surface area contributed by atoms with Crippen molar-refractivity contribution in [3.63, 3.8) is 0 Å². The zero-order valence-corrected chi connectivity index (χ0v) is 36.8. The molecule has 2 saturated heterocycles. The molecule has 0 radical (unpaired) electrons. The smallest absolute Gasteiger partial charge is 0.338 e. The van der Waals surface area contributed by atoms with Crippen LogP contribution in [0.5, 0.6) is 5.75 Å². The lowest BCUT2D eigenvalue weighted by Crippen LogP contribution is -2.68. The van der Waals surface area contributed by atoms with Gasteiger partial charge >= 0.3 is 5.97 Å². The minimum Gasteiger partial charge on any atom is -0.496 e. The van der Waals surface area contributed by atoms with Crippen molar-refractivity contribution >= 4 is 30.2 Å². The Morgan fingerprint density at radius 2 is 1.61 bits per heavy atom. The molecule has 0 unspecified atom stereocenters. The van der Waals surface area contributed by atoms with E-state index >= 15 is 0 Å². The Kier molecular flexibility index (Phi) is 14.5. The van der Waals surface area contributed by atoms with Crippen LogP contribution in [-0.2, 0) is 18.6 Å². The quantitative estimate of drug-likeness (QED) is 0.0745. The van der Waals surface area contributed by atoms with E-state index in [0.717, 1.165) is 61.0 Å². The molecular formula is C49H66O6Si. The second-order valence-corrected chi connectivity index (χ2v) is 21.6. The highest BCUT2D eigenvalue weighted by Crippen LogP contribution is 2.45. The highest BCUT2D eigenvalue weighted by Gasteiger charge is 2.54. The summed E-state index contributed by atoms with van der Waals surface area (Å²) in [5.41, 5.74) is 4.53. The molecule has 2 fully saturated rings. The summed E-state index contributed by atoms with van der Waals surface area (Å²) >= 11 is 0. The molecule has 0 aliphatic carbocycles. The van der Waals surface area contributed by atoms with E-state index in [2.05, 4.69) is 133 Å². The Labute approximate surface area is 338 Å². The van der Waals surface area contributed by atoms with Gasteiger partial charge in [-0.25, -0.2) is 4.79 Å². The lowest BCUT2D eigenvalue weighted by molar-refractivity contribution is -0.330. The van der Waals surface area contributed by atoms with Gasteiger partial charge in [0.25, 0.3) is 8.32 Å². The van der Waals surface area contributed by atoms with Crippen molar-refractivity contribution in [2.45, 2.75) is 130 Å². The Bertz CT molecular complexity index is 1820. The maximum absolute atomic E-state index is 12.6. The van der Waals surface area contributed by atoms with Gasteiger partial charge in [-0.2, -0.15) is 0 Å². The molecule has 0 N–H and O–H groups in total. The van der Waals surface area contributed by atoms with Crippen LogP contribution in [-0.4, -0.2) is 52.6 Å². The summed E-state index contributed by atoms with van der Waals surface area (Å²) < 4.78 is 32.3. The van der Waals surface area contributed by atoms with Gasteiger partial charge in [-0.05, 0) is 109 Å². The summed E-state index contributed by atoms with van der Waals surface area (Å²) in [5, 5.41) is 2.48. The molecule has 0 amide bonds. The fraction of sp³-hybridized carbons (Fsp3) is 0.490. The molecule has 2 heterocycles. The average molecular weight is 779 g/mol. The van der Waals surface area contributed by atoms with Gasteiger partial charge in [0.1, 0.15) is 5.75 Å². The Hall–Kier alpha value is -3.75. The highest BCUT2D eigenvalue weighted by molar-refractivity contribution is 6.99. The average Bonchev–Trinajstić information content (AvgIpc) is 3.17. The van der Waals surface area contributed by atoms with Crippen LogP contribution in [0, 0.1) is 18.8 Å². The van der Waals surface area contributed by atoms with Crippen molar-refractivity contribution in [3.05, 3.63) is 119 Å². The van der Waals surface area contributed by atoms with Crippen LogP contribution in [0.1, 0.15) is 115 Å². The van der Waals surface area contributed by atoms with Gasteiger partial charge in [0.2, 0.25) is 0 Å². The van der Waals surface area contributed by atoms with Gasteiger partial charge in [-0.15, -0.1) is 0 Å². The molecule has 7 heteroatoms. The van der Waals surface area contributed by atoms with Crippen LogP contribution >= 0.6 is 0 Å².